The van der Waals surface area contributed by atoms with E-state index >= 15 is 0 Å². The highest BCUT2D eigenvalue weighted by molar-refractivity contribution is 9.09. The van der Waals surface area contributed by atoms with Crippen molar-refractivity contribution in [2.24, 2.45) is 0 Å². The molecule has 0 fully saturated rings. The first-order valence-electron chi connectivity index (χ1n) is 4.14. The lowest BCUT2D eigenvalue weighted by atomic mass is 10.3. The second-order valence-electron chi connectivity index (χ2n) is 2.98. The Morgan fingerprint density at radius 2 is 1.31 bits per heavy atom. The monoisotopic (exact) mass is 320 g/mol. The maximum absolute atomic E-state index is 13.1. The molecule has 0 bridgehead atoms. The Balaban J connectivity index is 3.28. The summed E-state index contributed by atoms with van der Waals surface area (Å²) in [5.74, 6) is -9.53. The SMILES string of the molecule is CC(CBr)Sc1c(F)c(F)c(F)c(F)c1F. The molecule has 0 amide bonds. The van der Waals surface area contributed by atoms with Crippen LogP contribution in [0.2, 0.25) is 0 Å². The summed E-state index contributed by atoms with van der Waals surface area (Å²) >= 11 is 3.64. The molecule has 0 aliphatic heterocycles. The third-order valence-corrected chi connectivity index (χ3v) is 4.27. The van der Waals surface area contributed by atoms with Gasteiger partial charge in [0.1, 0.15) is 0 Å². The van der Waals surface area contributed by atoms with E-state index in [9.17, 15) is 22.0 Å². The number of hydrogen-bond acceptors (Lipinski definition) is 1. The second-order valence-corrected chi connectivity index (χ2v) is 5.08. The van der Waals surface area contributed by atoms with E-state index in [0.717, 1.165) is 0 Å². The minimum absolute atomic E-state index is 0.312. The van der Waals surface area contributed by atoms with Crippen LogP contribution >= 0.6 is 27.7 Å². The van der Waals surface area contributed by atoms with Crippen LogP contribution in [0.25, 0.3) is 0 Å². The number of halogens is 6. The number of alkyl halides is 1. The van der Waals surface area contributed by atoms with Crippen LogP contribution in [0.4, 0.5) is 22.0 Å². The Kier molecular flexibility index (Phi) is 4.61. The van der Waals surface area contributed by atoms with Crippen LogP contribution in [0.1, 0.15) is 6.92 Å². The minimum Gasteiger partial charge on any atom is -0.202 e. The maximum atomic E-state index is 13.1. The van der Waals surface area contributed by atoms with Crippen molar-refractivity contribution in [3.05, 3.63) is 29.1 Å². The molecule has 0 N–H and O–H groups in total. The molecular formula is C9H6BrF5S. The van der Waals surface area contributed by atoms with Crippen LogP contribution in [-0.2, 0) is 0 Å². The Bertz CT molecular complexity index is 380. The fraction of sp³-hybridized carbons (Fsp3) is 0.333. The van der Waals surface area contributed by atoms with Gasteiger partial charge in [0.2, 0.25) is 5.82 Å². The molecule has 1 rings (SSSR count). The van der Waals surface area contributed by atoms with E-state index in [1.54, 1.807) is 6.92 Å². The second kappa shape index (κ2) is 5.35. The van der Waals surface area contributed by atoms with Gasteiger partial charge in [-0.25, -0.2) is 22.0 Å². The predicted molar refractivity (Wildman–Crippen MR) is 55.3 cm³/mol. The molecule has 90 valence electrons. The van der Waals surface area contributed by atoms with Gasteiger partial charge in [-0.3, -0.25) is 0 Å². The Labute approximate surface area is 101 Å². The van der Waals surface area contributed by atoms with Crippen molar-refractivity contribution in [2.75, 3.05) is 5.33 Å². The molecule has 7 heteroatoms. The normalized spacial score (nSPS) is 12.9. The third kappa shape index (κ3) is 2.51. The van der Waals surface area contributed by atoms with Crippen LogP contribution in [0.15, 0.2) is 4.90 Å². The van der Waals surface area contributed by atoms with Gasteiger partial charge in [-0.15, -0.1) is 11.8 Å². The van der Waals surface area contributed by atoms with Crippen molar-refractivity contribution >= 4 is 27.7 Å². The van der Waals surface area contributed by atoms with Crippen LogP contribution in [0.5, 0.6) is 0 Å². The first-order valence-corrected chi connectivity index (χ1v) is 6.14. The van der Waals surface area contributed by atoms with Gasteiger partial charge >= 0.3 is 0 Å². The molecule has 1 unspecified atom stereocenters. The van der Waals surface area contributed by atoms with Crippen LogP contribution in [0, 0.1) is 29.1 Å². The van der Waals surface area contributed by atoms with Gasteiger partial charge in [0.05, 0.1) is 4.90 Å². The molecule has 1 aromatic rings. The van der Waals surface area contributed by atoms with E-state index in [0.29, 0.717) is 17.1 Å². The zero-order valence-electron chi connectivity index (χ0n) is 7.96. The van der Waals surface area contributed by atoms with Crippen molar-refractivity contribution in [1.82, 2.24) is 0 Å². The lowest BCUT2D eigenvalue weighted by molar-refractivity contribution is 0.360. The Morgan fingerprint density at radius 3 is 1.69 bits per heavy atom. The highest BCUT2D eigenvalue weighted by atomic mass is 79.9. The summed E-state index contributed by atoms with van der Waals surface area (Å²) in [5.41, 5.74) is 0. The van der Waals surface area contributed by atoms with E-state index in [4.69, 9.17) is 0 Å². The summed E-state index contributed by atoms with van der Waals surface area (Å²) in [6.07, 6.45) is 0. The van der Waals surface area contributed by atoms with E-state index in [1.807, 2.05) is 0 Å². The quantitative estimate of drug-likeness (QED) is 0.264. The van der Waals surface area contributed by atoms with Crippen molar-refractivity contribution < 1.29 is 22.0 Å². The fourth-order valence-electron chi connectivity index (χ4n) is 0.921. The van der Waals surface area contributed by atoms with Crippen LogP contribution in [-0.4, -0.2) is 10.6 Å². The van der Waals surface area contributed by atoms with Crippen LogP contribution in [0.3, 0.4) is 0 Å². The van der Waals surface area contributed by atoms with E-state index < -0.39 is 34.0 Å². The average Bonchev–Trinajstić information content (AvgIpc) is 2.29. The topological polar surface area (TPSA) is 0 Å². The van der Waals surface area contributed by atoms with Gasteiger partial charge in [-0.05, 0) is 0 Å². The highest BCUT2D eigenvalue weighted by Gasteiger charge is 2.26. The molecule has 0 heterocycles. The number of hydrogen-bond donors (Lipinski definition) is 0. The molecule has 0 aliphatic rings. The van der Waals surface area contributed by atoms with Crippen molar-refractivity contribution in [3.8, 4) is 0 Å². The van der Waals surface area contributed by atoms with Crippen LogP contribution < -0.4 is 0 Å². The average molecular weight is 321 g/mol. The van der Waals surface area contributed by atoms with Gasteiger partial charge in [-0.2, -0.15) is 0 Å². The highest BCUT2D eigenvalue weighted by Crippen LogP contribution is 2.33. The molecule has 0 nitrogen and oxygen atoms in total. The first kappa shape index (κ1) is 13.8. The zero-order chi connectivity index (χ0) is 12.5. The van der Waals surface area contributed by atoms with Gasteiger partial charge in [-0.1, -0.05) is 22.9 Å². The number of thioether (sulfide) groups is 1. The molecule has 0 saturated heterocycles. The van der Waals surface area contributed by atoms with E-state index in [2.05, 4.69) is 15.9 Å². The molecule has 1 atom stereocenters. The minimum atomic E-state index is -2.13. The molecule has 0 aliphatic carbocycles. The summed E-state index contributed by atoms with van der Waals surface area (Å²) in [5, 5.41) is 0.0604. The summed E-state index contributed by atoms with van der Waals surface area (Å²) < 4.78 is 64.5. The van der Waals surface area contributed by atoms with E-state index in [-0.39, 0.29) is 5.25 Å². The number of rotatable bonds is 3. The number of benzene rings is 1. The molecular weight excluding hydrogens is 315 g/mol. The van der Waals surface area contributed by atoms with Gasteiger partial charge in [0.25, 0.3) is 0 Å². The Morgan fingerprint density at radius 1 is 0.938 bits per heavy atom. The zero-order valence-corrected chi connectivity index (χ0v) is 10.4. The van der Waals surface area contributed by atoms with Gasteiger partial charge < -0.3 is 0 Å². The standard InChI is InChI=1S/C9H6BrF5S/c1-3(2-10)16-9-7(14)5(12)4(11)6(13)8(9)15/h3H,2H2,1H3. The molecule has 0 saturated carbocycles. The summed E-state index contributed by atoms with van der Waals surface area (Å²) in [6.45, 7) is 1.59. The lowest BCUT2D eigenvalue weighted by Crippen LogP contribution is -2.06. The smallest absolute Gasteiger partial charge is 0.200 e. The van der Waals surface area contributed by atoms with Crippen molar-refractivity contribution in [2.45, 2.75) is 17.1 Å². The molecule has 0 radical (unpaired) electrons. The van der Waals surface area contributed by atoms with E-state index in [1.165, 1.54) is 0 Å². The summed E-state index contributed by atoms with van der Waals surface area (Å²) in [6, 6.07) is 0. The fourth-order valence-corrected chi connectivity index (χ4v) is 2.17. The molecule has 0 spiro atoms. The Hall–Kier alpha value is -0.300. The van der Waals surface area contributed by atoms with Crippen molar-refractivity contribution in [1.29, 1.82) is 0 Å². The molecule has 16 heavy (non-hydrogen) atoms. The first-order chi connectivity index (χ1) is 7.40. The summed E-state index contributed by atoms with van der Waals surface area (Å²) in [4.78, 5) is -0.844. The van der Waals surface area contributed by atoms with Gasteiger partial charge in [0.15, 0.2) is 23.3 Å². The maximum Gasteiger partial charge on any atom is 0.200 e. The molecule has 1 aromatic carbocycles. The van der Waals surface area contributed by atoms with Crippen molar-refractivity contribution in [3.63, 3.8) is 0 Å². The third-order valence-electron chi connectivity index (χ3n) is 1.71. The molecule has 0 aromatic heterocycles. The lowest BCUT2D eigenvalue weighted by Gasteiger charge is -2.10. The predicted octanol–water partition coefficient (Wildman–Crippen LogP) is 4.26. The van der Waals surface area contributed by atoms with Gasteiger partial charge in [0, 0.05) is 10.6 Å². The largest absolute Gasteiger partial charge is 0.202 e. The summed E-state index contributed by atoms with van der Waals surface area (Å²) in [7, 11) is 0.